The summed E-state index contributed by atoms with van der Waals surface area (Å²) in [6.07, 6.45) is 2.74. The first-order valence-corrected chi connectivity index (χ1v) is 6.54. The number of aliphatic hydroxyl groups is 1. The molecule has 1 aromatic rings. The van der Waals surface area contributed by atoms with Crippen molar-refractivity contribution < 1.29 is 15.0 Å². The maximum Gasteiger partial charge on any atom is 0.328 e. The zero-order valence-electron chi connectivity index (χ0n) is 10.9. The zero-order valence-corrected chi connectivity index (χ0v) is 11.7. The standard InChI is InChI=1S/C13H19NO3S/c1-13(2,17)9-14(3)8-11-10(6-7-18-11)4-5-12(15)16/h4-7,17H,8-9H2,1-3H3,(H,15,16). The highest BCUT2D eigenvalue weighted by molar-refractivity contribution is 7.10. The van der Waals surface area contributed by atoms with E-state index in [9.17, 15) is 9.90 Å². The molecule has 4 nitrogen and oxygen atoms in total. The maximum absolute atomic E-state index is 10.5. The van der Waals surface area contributed by atoms with Gasteiger partial charge in [-0.25, -0.2) is 4.79 Å². The maximum atomic E-state index is 10.5. The van der Waals surface area contributed by atoms with Crippen LogP contribution >= 0.6 is 11.3 Å². The average Bonchev–Trinajstić information content (AvgIpc) is 2.59. The molecule has 5 heteroatoms. The van der Waals surface area contributed by atoms with Crippen LogP contribution in [0.4, 0.5) is 0 Å². The highest BCUT2D eigenvalue weighted by atomic mass is 32.1. The van der Waals surface area contributed by atoms with E-state index in [-0.39, 0.29) is 0 Å². The lowest BCUT2D eigenvalue weighted by molar-refractivity contribution is -0.131. The van der Waals surface area contributed by atoms with Gasteiger partial charge in [0.15, 0.2) is 0 Å². The third-order valence-electron chi connectivity index (χ3n) is 2.26. The van der Waals surface area contributed by atoms with E-state index in [0.717, 1.165) is 16.5 Å². The summed E-state index contributed by atoms with van der Waals surface area (Å²) in [5, 5.41) is 20.3. The molecule has 1 rings (SSSR count). The summed E-state index contributed by atoms with van der Waals surface area (Å²) in [4.78, 5) is 13.6. The topological polar surface area (TPSA) is 60.8 Å². The number of carboxylic acids is 1. The number of nitrogens with zero attached hydrogens (tertiary/aromatic N) is 1. The molecule has 18 heavy (non-hydrogen) atoms. The fourth-order valence-corrected chi connectivity index (χ4v) is 2.70. The summed E-state index contributed by atoms with van der Waals surface area (Å²) in [5.41, 5.74) is 0.188. The molecule has 0 amide bonds. The van der Waals surface area contributed by atoms with Gasteiger partial charge < -0.3 is 10.2 Å². The summed E-state index contributed by atoms with van der Waals surface area (Å²) in [5.74, 6) is -0.947. The predicted molar refractivity (Wildman–Crippen MR) is 73.6 cm³/mol. The van der Waals surface area contributed by atoms with Gasteiger partial charge in [-0.2, -0.15) is 0 Å². The second-order valence-corrected chi connectivity index (χ2v) is 5.96. The van der Waals surface area contributed by atoms with Crippen molar-refractivity contribution in [2.45, 2.75) is 26.0 Å². The Balaban J connectivity index is 2.68. The molecule has 100 valence electrons. The van der Waals surface area contributed by atoms with Crippen LogP contribution < -0.4 is 0 Å². The number of hydrogen-bond acceptors (Lipinski definition) is 4. The van der Waals surface area contributed by atoms with Gasteiger partial charge in [0.25, 0.3) is 0 Å². The first-order valence-electron chi connectivity index (χ1n) is 5.66. The Hall–Kier alpha value is -1.17. The number of rotatable bonds is 6. The quantitative estimate of drug-likeness (QED) is 0.776. The van der Waals surface area contributed by atoms with Crippen molar-refractivity contribution in [3.8, 4) is 0 Å². The Morgan fingerprint density at radius 2 is 2.22 bits per heavy atom. The molecule has 0 fully saturated rings. The highest BCUT2D eigenvalue weighted by Crippen LogP contribution is 2.20. The van der Waals surface area contributed by atoms with Crippen LogP contribution in [0.5, 0.6) is 0 Å². The fraction of sp³-hybridized carbons (Fsp3) is 0.462. The van der Waals surface area contributed by atoms with E-state index in [4.69, 9.17) is 5.11 Å². The van der Waals surface area contributed by atoms with Crippen molar-refractivity contribution >= 4 is 23.4 Å². The summed E-state index contributed by atoms with van der Waals surface area (Å²) in [6, 6.07) is 1.90. The molecule has 1 aromatic heterocycles. The molecule has 0 aliphatic rings. The smallest absolute Gasteiger partial charge is 0.328 e. The molecule has 0 aromatic carbocycles. The van der Waals surface area contributed by atoms with Crippen molar-refractivity contribution in [2.75, 3.05) is 13.6 Å². The van der Waals surface area contributed by atoms with Crippen molar-refractivity contribution in [1.82, 2.24) is 4.90 Å². The van der Waals surface area contributed by atoms with Gasteiger partial charge in [-0.15, -0.1) is 11.3 Å². The van der Waals surface area contributed by atoms with Gasteiger partial charge in [-0.05, 0) is 44.0 Å². The van der Waals surface area contributed by atoms with Gasteiger partial charge in [-0.3, -0.25) is 4.90 Å². The largest absolute Gasteiger partial charge is 0.478 e. The van der Waals surface area contributed by atoms with Crippen molar-refractivity contribution in [1.29, 1.82) is 0 Å². The lowest BCUT2D eigenvalue weighted by Crippen LogP contribution is -2.35. The van der Waals surface area contributed by atoms with Gasteiger partial charge in [0.2, 0.25) is 0 Å². The Kier molecular flexibility index (Phi) is 5.07. The SMILES string of the molecule is CN(Cc1sccc1C=CC(=O)O)CC(C)(C)O. The number of likely N-dealkylation sites (N-methyl/N-ethyl adjacent to an activating group) is 1. The van der Waals surface area contributed by atoms with E-state index in [0.29, 0.717) is 13.1 Å². The average molecular weight is 269 g/mol. The minimum Gasteiger partial charge on any atom is -0.478 e. The van der Waals surface area contributed by atoms with E-state index < -0.39 is 11.6 Å². The van der Waals surface area contributed by atoms with Gasteiger partial charge in [0, 0.05) is 24.0 Å². The lowest BCUT2D eigenvalue weighted by atomic mass is 10.1. The number of aliphatic carboxylic acids is 1. The Labute approximate surface area is 111 Å². The Morgan fingerprint density at radius 3 is 2.78 bits per heavy atom. The van der Waals surface area contributed by atoms with Gasteiger partial charge in [0.05, 0.1) is 5.60 Å². The van der Waals surface area contributed by atoms with Crippen molar-refractivity contribution in [3.63, 3.8) is 0 Å². The summed E-state index contributed by atoms with van der Waals surface area (Å²) in [6.45, 7) is 4.79. The molecular weight excluding hydrogens is 250 g/mol. The van der Waals surface area contributed by atoms with Gasteiger partial charge >= 0.3 is 5.97 Å². The monoisotopic (exact) mass is 269 g/mol. The molecule has 0 bridgehead atoms. The molecule has 2 N–H and O–H groups in total. The van der Waals surface area contributed by atoms with Crippen LogP contribution in [0, 0.1) is 0 Å². The van der Waals surface area contributed by atoms with Crippen LogP contribution in [0.1, 0.15) is 24.3 Å². The molecule has 0 aliphatic heterocycles. The molecule has 0 aliphatic carbocycles. The molecular formula is C13H19NO3S. The number of hydrogen-bond donors (Lipinski definition) is 2. The molecule has 1 heterocycles. The number of carboxylic acid groups (broad SMARTS) is 1. The molecule has 0 saturated carbocycles. The molecule has 0 radical (unpaired) electrons. The first-order chi connectivity index (χ1) is 8.28. The summed E-state index contributed by atoms with van der Waals surface area (Å²) in [7, 11) is 1.93. The highest BCUT2D eigenvalue weighted by Gasteiger charge is 2.16. The van der Waals surface area contributed by atoms with Crippen LogP contribution in [0.25, 0.3) is 6.08 Å². The summed E-state index contributed by atoms with van der Waals surface area (Å²) < 4.78 is 0. The van der Waals surface area contributed by atoms with Gasteiger partial charge in [0.1, 0.15) is 0 Å². The minimum atomic E-state index is -0.947. The minimum absolute atomic E-state index is 0.562. The third-order valence-corrected chi connectivity index (χ3v) is 3.18. The Morgan fingerprint density at radius 1 is 1.56 bits per heavy atom. The molecule has 0 atom stereocenters. The molecule has 0 saturated heterocycles. The van der Waals surface area contributed by atoms with E-state index in [1.165, 1.54) is 0 Å². The lowest BCUT2D eigenvalue weighted by Gasteiger charge is -2.25. The van der Waals surface area contributed by atoms with E-state index in [1.54, 1.807) is 31.3 Å². The number of thiophene rings is 1. The predicted octanol–water partition coefficient (Wildman–Crippen LogP) is 2.05. The van der Waals surface area contributed by atoms with Crippen molar-refractivity contribution in [2.24, 2.45) is 0 Å². The zero-order chi connectivity index (χ0) is 13.8. The van der Waals surface area contributed by atoms with Crippen LogP contribution in [0.2, 0.25) is 0 Å². The second-order valence-electron chi connectivity index (χ2n) is 4.96. The van der Waals surface area contributed by atoms with E-state index >= 15 is 0 Å². The Bertz CT molecular complexity index is 432. The first kappa shape index (κ1) is 14.9. The van der Waals surface area contributed by atoms with Crippen LogP contribution in [-0.2, 0) is 11.3 Å². The fourth-order valence-electron chi connectivity index (χ4n) is 1.75. The van der Waals surface area contributed by atoms with E-state index in [2.05, 4.69) is 0 Å². The van der Waals surface area contributed by atoms with Crippen LogP contribution in [0.3, 0.4) is 0 Å². The van der Waals surface area contributed by atoms with Gasteiger partial charge in [-0.1, -0.05) is 0 Å². The molecule has 0 spiro atoms. The van der Waals surface area contributed by atoms with E-state index in [1.807, 2.05) is 23.4 Å². The second kappa shape index (κ2) is 6.13. The third kappa shape index (κ3) is 5.44. The van der Waals surface area contributed by atoms with Crippen molar-refractivity contribution in [3.05, 3.63) is 28.0 Å². The van der Waals surface area contributed by atoms with Crippen LogP contribution in [-0.4, -0.2) is 40.3 Å². The van der Waals surface area contributed by atoms with Crippen LogP contribution in [0.15, 0.2) is 17.5 Å². The number of carbonyl (C=O) groups is 1. The normalized spacial score (nSPS) is 12.5. The summed E-state index contributed by atoms with van der Waals surface area (Å²) >= 11 is 1.59. The molecule has 0 unspecified atom stereocenters.